The van der Waals surface area contributed by atoms with E-state index in [0.29, 0.717) is 26.4 Å². The molecule has 5 nitrogen and oxygen atoms in total. The van der Waals surface area contributed by atoms with Crippen molar-refractivity contribution >= 4 is 24.0 Å². The second-order valence-electron chi connectivity index (χ2n) is 6.95. The molecule has 2 aromatic carbocycles. The number of halogens is 1. The Balaban J connectivity index is 0.00000280. The third-order valence-corrected chi connectivity index (χ3v) is 4.92. The number of nitrogens with one attached hydrogen (secondary N) is 1. The average molecular weight is 405 g/mol. The maximum absolute atomic E-state index is 12.4. The number of ether oxygens (including phenoxy) is 2. The minimum atomic E-state index is -0.500. The van der Waals surface area contributed by atoms with Gasteiger partial charge in [0.15, 0.2) is 0 Å². The summed E-state index contributed by atoms with van der Waals surface area (Å²) in [5.41, 5.74) is 9.19. The molecule has 1 atom stereocenters. The molecule has 0 bridgehead atoms. The number of nitrogens with two attached hydrogens (primary N) is 1. The molecular formula is C22H29ClN2O3. The zero-order chi connectivity index (χ0) is 18.9. The molecule has 0 spiro atoms. The van der Waals surface area contributed by atoms with E-state index in [-0.39, 0.29) is 24.2 Å². The predicted molar refractivity (Wildman–Crippen MR) is 114 cm³/mol. The van der Waals surface area contributed by atoms with Crippen LogP contribution in [0.15, 0.2) is 54.6 Å². The molecule has 1 saturated heterocycles. The van der Waals surface area contributed by atoms with E-state index >= 15 is 0 Å². The number of anilines is 1. The Morgan fingerprint density at radius 1 is 1.11 bits per heavy atom. The Morgan fingerprint density at radius 2 is 1.82 bits per heavy atom. The first-order valence-electron chi connectivity index (χ1n) is 9.57. The molecule has 0 saturated carbocycles. The van der Waals surface area contributed by atoms with Crippen LogP contribution in [0.2, 0.25) is 0 Å². The molecule has 0 aromatic heterocycles. The highest BCUT2D eigenvalue weighted by molar-refractivity contribution is 5.94. The van der Waals surface area contributed by atoms with Crippen LogP contribution >= 0.6 is 12.4 Å². The molecule has 0 radical (unpaired) electrons. The first-order chi connectivity index (χ1) is 13.2. The minimum Gasteiger partial charge on any atom is -0.381 e. The number of amides is 1. The number of carbonyl (C=O) groups excluding carboxylic acids is 1. The van der Waals surface area contributed by atoms with Crippen molar-refractivity contribution in [2.24, 2.45) is 11.7 Å². The Morgan fingerprint density at radius 3 is 2.57 bits per heavy atom. The van der Waals surface area contributed by atoms with Gasteiger partial charge in [0.2, 0.25) is 5.91 Å². The second-order valence-corrected chi connectivity index (χ2v) is 6.95. The van der Waals surface area contributed by atoms with Crippen LogP contribution in [-0.4, -0.2) is 31.8 Å². The maximum atomic E-state index is 12.4. The number of rotatable bonds is 8. The molecule has 0 aliphatic carbocycles. The molecule has 28 heavy (non-hydrogen) atoms. The summed E-state index contributed by atoms with van der Waals surface area (Å²) in [5.74, 6) is 0.0484. The summed E-state index contributed by atoms with van der Waals surface area (Å²) in [5, 5.41) is 2.94. The highest BCUT2D eigenvalue weighted by Gasteiger charge is 2.26. The van der Waals surface area contributed by atoms with Gasteiger partial charge in [0.1, 0.15) is 0 Å². The lowest BCUT2D eigenvalue weighted by atomic mass is 9.92. The topological polar surface area (TPSA) is 73.6 Å². The molecule has 1 unspecified atom stereocenters. The van der Waals surface area contributed by atoms with Crippen LogP contribution in [0.25, 0.3) is 0 Å². The number of hydrogen-bond donors (Lipinski definition) is 2. The maximum Gasteiger partial charge on any atom is 0.241 e. The van der Waals surface area contributed by atoms with Crippen molar-refractivity contribution in [1.82, 2.24) is 0 Å². The van der Waals surface area contributed by atoms with Gasteiger partial charge in [-0.1, -0.05) is 42.5 Å². The van der Waals surface area contributed by atoms with Crippen LogP contribution in [0, 0.1) is 5.92 Å². The van der Waals surface area contributed by atoms with Gasteiger partial charge in [-0.25, -0.2) is 0 Å². The Bertz CT molecular complexity index is 721. The lowest BCUT2D eigenvalue weighted by Crippen LogP contribution is -2.44. The smallest absolute Gasteiger partial charge is 0.241 e. The molecule has 1 aliphatic rings. The van der Waals surface area contributed by atoms with Crippen LogP contribution in [0.1, 0.15) is 24.0 Å². The summed E-state index contributed by atoms with van der Waals surface area (Å²) in [7, 11) is 0. The van der Waals surface area contributed by atoms with Gasteiger partial charge in [-0.2, -0.15) is 0 Å². The summed E-state index contributed by atoms with van der Waals surface area (Å²) >= 11 is 0. The van der Waals surface area contributed by atoms with Crippen LogP contribution in [0.5, 0.6) is 0 Å². The minimum absolute atomic E-state index is 0. The van der Waals surface area contributed by atoms with E-state index < -0.39 is 6.04 Å². The van der Waals surface area contributed by atoms with E-state index in [1.807, 2.05) is 42.5 Å². The van der Waals surface area contributed by atoms with Gasteiger partial charge in [-0.15, -0.1) is 12.4 Å². The number of carbonyl (C=O) groups is 1. The van der Waals surface area contributed by atoms with Crippen molar-refractivity contribution in [3.8, 4) is 0 Å². The lowest BCUT2D eigenvalue weighted by molar-refractivity contribution is -0.119. The fourth-order valence-corrected chi connectivity index (χ4v) is 3.28. The first kappa shape index (κ1) is 22.4. The summed E-state index contributed by atoms with van der Waals surface area (Å²) < 4.78 is 11.1. The molecule has 1 amide bonds. The SMILES string of the molecule is Cl.NC(C(=O)Nc1cccc(COCCc2ccccc2)c1)C1CCOCC1. The largest absolute Gasteiger partial charge is 0.381 e. The van der Waals surface area contributed by atoms with Crippen molar-refractivity contribution in [2.45, 2.75) is 31.9 Å². The molecular weight excluding hydrogens is 376 g/mol. The van der Waals surface area contributed by atoms with Crippen LogP contribution in [0.4, 0.5) is 5.69 Å². The Hall–Kier alpha value is -1.92. The van der Waals surface area contributed by atoms with Crippen molar-refractivity contribution in [1.29, 1.82) is 0 Å². The molecule has 1 aliphatic heterocycles. The zero-order valence-corrected chi connectivity index (χ0v) is 16.8. The van der Waals surface area contributed by atoms with E-state index in [9.17, 15) is 4.79 Å². The normalized spacial score (nSPS) is 15.5. The summed E-state index contributed by atoms with van der Waals surface area (Å²) in [4.78, 5) is 12.4. The molecule has 2 aromatic rings. The Labute approximate surface area is 173 Å². The van der Waals surface area contributed by atoms with Gasteiger partial charge in [-0.05, 0) is 48.4 Å². The third kappa shape index (κ3) is 6.91. The van der Waals surface area contributed by atoms with Gasteiger partial charge >= 0.3 is 0 Å². The van der Waals surface area contributed by atoms with E-state index in [2.05, 4.69) is 17.4 Å². The first-order valence-corrected chi connectivity index (χ1v) is 9.57. The van der Waals surface area contributed by atoms with Gasteiger partial charge < -0.3 is 20.5 Å². The van der Waals surface area contributed by atoms with Gasteiger partial charge in [0.25, 0.3) is 0 Å². The quantitative estimate of drug-likeness (QED) is 0.660. The Kier molecular flexibility index (Phi) is 9.44. The molecule has 3 rings (SSSR count). The fourth-order valence-electron chi connectivity index (χ4n) is 3.28. The van der Waals surface area contributed by atoms with Gasteiger partial charge in [0, 0.05) is 18.9 Å². The standard InChI is InChI=1S/C22H28N2O3.ClH/c23-21(19-10-13-26-14-11-19)22(25)24-20-8-4-7-18(15-20)16-27-12-9-17-5-2-1-3-6-17;/h1-8,15,19,21H,9-14,16,23H2,(H,24,25);1H. The van der Waals surface area contributed by atoms with Crippen molar-refractivity contribution < 1.29 is 14.3 Å². The zero-order valence-electron chi connectivity index (χ0n) is 16.0. The van der Waals surface area contributed by atoms with Crippen molar-refractivity contribution in [3.63, 3.8) is 0 Å². The molecule has 152 valence electrons. The van der Waals surface area contributed by atoms with Gasteiger partial charge in [-0.3, -0.25) is 4.79 Å². The average Bonchev–Trinajstić information content (AvgIpc) is 2.72. The van der Waals surface area contributed by atoms with Crippen LogP contribution in [0.3, 0.4) is 0 Å². The summed E-state index contributed by atoms with van der Waals surface area (Å²) in [6, 6.07) is 17.5. The fraction of sp³-hybridized carbons (Fsp3) is 0.409. The van der Waals surface area contributed by atoms with E-state index in [0.717, 1.165) is 30.5 Å². The third-order valence-electron chi connectivity index (χ3n) is 4.92. The molecule has 6 heteroatoms. The van der Waals surface area contributed by atoms with Crippen LogP contribution < -0.4 is 11.1 Å². The number of benzene rings is 2. The van der Waals surface area contributed by atoms with Crippen molar-refractivity contribution in [3.05, 3.63) is 65.7 Å². The lowest BCUT2D eigenvalue weighted by Gasteiger charge is -2.26. The van der Waals surface area contributed by atoms with Gasteiger partial charge in [0.05, 0.1) is 19.3 Å². The highest BCUT2D eigenvalue weighted by atomic mass is 35.5. The molecule has 1 fully saturated rings. The molecule has 1 heterocycles. The highest BCUT2D eigenvalue weighted by Crippen LogP contribution is 2.19. The van der Waals surface area contributed by atoms with Crippen molar-refractivity contribution in [2.75, 3.05) is 25.1 Å². The second kappa shape index (κ2) is 11.8. The van der Waals surface area contributed by atoms with E-state index in [1.165, 1.54) is 5.56 Å². The molecule has 3 N–H and O–H groups in total. The summed E-state index contributed by atoms with van der Waals surface area (Å²) in [6.45, 7) is 2.54. The number of hydrogen-bond acceptors (Lipinski definition) is 4. The monoisotopic (exact) mass is 404 g/mol. The van der Waals surface area contributed by atoms with E-state index in [4.69, 9.17) is 15.2 Å². The predicted octanol–water partition coefficient (Wildman–Crippen LogP) is 3.56. The summed E-state index contributed by atoms with van der Waals surface area (Å²) in [6.07, 6.45) is 2.56. The van der Waals surface area contributed by atoms with E-state index in [1.54, 1.807) is 0 Å². The van der Waals surface area contributed by atoms with Crippen LogP contribution in [-0.2, 0) is 27.3 Å².